The van der Waals surface area contributed by atoms with Crippen LogP contribution in [0.15, 0.2) is 12.4 Å². The topological polar surface area (TPSA) is 50.6 Å². The van der Waals surface area contributed by atoms with Crippen LogP contribution < -0.4 is 0 Å². The van der Waals surface area contributed by atoms with Crippen LogP contribution in [0.2, 0.25) is 0 Å². The molecule has 0 bridgehead atoms. The van der Waals surface area contributed by atoms with Crippen molar-refractivity contribution in [2.75, 3.05) is 39.4 Å². The number of rotatable bonds is 3. The van der Waals surface area contributed by atoms with E-state index in [0.29, 0.717) is 13.2 Å². The van der Waals surface area contributed by atoms with Crippen LogP contribution in [0.5, 0.6) is 0 Å². The van der Waals surface area contributed by atoms with Crippen molar-refractivity contribution in [3.63, 3.8) is 0 Å². The molecule has 6 heteroatoms. The fourth-order valence-corrected chi connectivity index (χ4v) is 3.33. The smallest absolute Gasteiger partial charge is 0.228 e. The Bertz CT molecular complexity index is 496. The molecule has 0 N–H and O–H groups in total. The molecule has 21 heavy (non-hydrogen) atoms. The maximum atomic E-state index is 12.6. The van der Waals surface area contributed by atoms with Crippen LogP contribution in [-0.4, -0.2) is 64.7 Å². The van der Waals surface area contributed by atoms with Crippen molar-refractivity contribution in [1.29, 1.82) is 0 Å². The molecule has 1 amide bonds. The summed E-state index contributed by atoms with van der Waals surface area (Å²) in [6.07, 6.45) is 4.66. The minimum Gasteiger partial charge on any atom is -0.381 e. The summed E-state index contributed by atoms with van der Waals surface area (Å²) in [5.41, 5.74) is 0. The number of nitrogens with zero attached hydrogens (tertiary/aromatic N) is 4. The van der Waals surface area contributed by atoms with E-state index in [0.717, 1.165) is 38.4 Å². The van der Waals surface area contributed by atoms with Crippen molar-refractivity contribution in [1.82, 2.24) is 19.4 Å². The average molecular weight is 292 g/mol. The molecule has 0 saturated carbocycles. The number of aromatic nitrogens is 2. The number of amides is 1. The highest BCUT2D eigenvalue weighted by Crippen LogP contribution is 2.26. The average Bonchev–Trinajstić information content (AvgIpc) is 3.17. The summed E-state index contributed by atoms with van der Waals surface area (Å²) in [6.45, 7) is 6.89. The Morgan fingerprint density at radius 3 is 2.95 bits per heavy atom. The summed E-state index contributed by atoms with van der Waals surface area (Å²) in [4.78, 5) is 21.5. The van der Waals surface area contributed by atoms with Gasteiger partial charge in [0.25, 0.3) is 0 Å². The van der Waals surface area contributed by atoms with Crippen LogP contribution in [-0.2, 0) is 16.6 Å². The zero-order valence-corrected chi connectivity index (χ0v) is 12.9. The molecule has 2 aliphatic heterocycles. The predicted molar refractivity (Wildman–Crippen MR) is 78.7 cm³/mol. The minimum absolute atomic E-state index is 0.0557. The van der Waals surface area contributed by atoms with Crippen molar-refractivity contribution >= 4 is 5.91 Å². The first kappa shape index (κ1) is 14.5. The number of hydrogen-bond acceptors (Lipinski definition) is 4. The molecule has 0 aliphatic carbocycles. The molecule has 0 spiro atoms. The van der Waals surface area contributed by atoms with Gasteiger partial charge in [-0.25, -0.2) is 4.98 Å². The van der Waals surface area contributed by atoms with E-state index in [2.05, 4.69) is 21.4 Å². The lowest BCUT2D eigenvalue weighted by atomic mass is 10.0. The summed E-state index contributed by atoms with van der Waals surface area (Å²) in [5.74, 6) is 1.35. The first-order valence-corrected chi connectivity index (χ1v) is 7.78. The quantitative estimate of drug-likeness (QED) is 0.821. The molecular formula is C15H24N4O2. The Hall–Kier alpha value is -1.40. The van der Waals surface area contributed by atoms with Crippen molar-refractivity contribution < 1.29 is 9.53 Å². The van der Waals surface area contributed by atoms with Crippen molar-refractivity contribution in [3.05, 3.63) is 18.2 Å². The number of aryl methyl sites for hydroxylation is 1. The molecule has 0 unspecified atom stereocenters. The van der Waals surface area contributed by atoms with E-state index in [1.54, 1.807) is 0 Å². The van der Waals surface area contributed by atoms with Gasteiger partial charge in [0, 0.05) is 45.7 Å². The van der Waals surface area contributed by atoms with Crippen molar-refractivity contribution in [3.8, 4) is 0 Å². The van der Waals surface area contributed by atoms with Gasteiger partial charge in [-0.2, -0.15) is 0 Å². The van der Waals surface area contributed by atoms with E-state index in [-0.39, 0.29) is 17.9 Å². The summed E-state index contributed by atoms with van der Waals surface area (Å²) in [7, 11) is 2.02. The predicted octanol–water partition coefficient (Wildman–Crippen LogP) is 0.662. The van der Waals surface area contributed by atoms with Crippen molar-refractivity contribution in [2.45, 2.75) is 19.4 Å². The van der Waals surface area contributed by atoms with Gasteiger partial charge in [-0.15, -0.1) is 0 Å². The maximum Gasteiger partial charge on any atom is 0.228 e. The molecule has 2 saturated heterocycles. The molecule has 3 rings (SSSR count). The second-order valence-corrected chi connectivity index (χ2v) is 5.89. The SMILES string of the molecule is CCN1CCN(C(=O)[C@@H]2CCOC2)C[C@@H]1c1nccn1C. The summed E-state index contributed by atoms with van der Waals surface area (Å²) >= 11 is 0. The van der Waals surface area contributed by atoms with Gasteiger partial charge >= 0.3 is 0 Å². The van der Waals surface area contributed by atoms with Crippen LogP contribution in [0.4, 0.5) is 0 Å². The first-order valence-electron chi connectivity index (χ1n) is 7.78. The molecule has 2 atom stereocenters. The third-order valence-electron chi connectivity index (χ3n) is 4.64. The number of likely N-dealkylation sites (N-methyl/N-ethyl adjacent to an activating group) is 1. The van der Waals surface area contributed by atoms with Gasteiger partial charge in [-0.05, 0) is 13.0 Å². The number of hydrogen-bond donors (Lipinski definition) is 0. The number of carbonyl (C=O) groups is 1. The second kappa shape index (κ2) is 6.15. The molecule has 1 aromatic rings. The third kappa shape index (κ3) is 2.82. The van der Waals surface area contributed by atoms with Gasteiger partial charge in [0.15, 0.2) is 0 Å². The number of ether oxygens (including phenoxy) is 1. The lowest BCUT2D eigenvalue weighted by Crippen LogP contribution is -2.52. The van der Waals surface area contributed by atoms with E-state index in [1.165, 1.54) is 0 Å². The van der Waals surface area contributed by atoms with E-state index in [9.17, 15) is 4.79 Å². The summed E-state index contributed by atoms with van der Waals surface area (Å²) < 4.78 is 7.41. The van der Waals surface area contributed by atoms with Gasteiger partial charge in [-0.3, -0.25) is 9.69 Å². The van der Waals surface area contributed by atoms with Gasteiger partial charge in [-0.1, -0.05) is 6.92 Å². The Morgan fingerprint density at radius 1 is 1.48 bits per heavy atom. The lowest BCUT2D eigenvalue weighted by molar-refractivity contribution is -0.138. The standard InChI is InChI=1S/C15H24N4O2/c1-3-18-7-8-19(15(20)12-4-9-21-11-12)10-13(18)14-16-5-6-17(14)2/h5-6,12-13H,3-4,7-11H2,1-2H3/t12-,13-/m1/s1. The fraction of sp³-hybridized carbons (Fsp3) is 0.733. The maximum absolute atomic E-state index is 12.6. The van der Waals surface area contributed by atoms with Crippen LogP contribution >= 0.6 is 0 Å². The molecule has 3 heterocycles. The van der Waals surface area contributed by atoms with Gasteiger partial charge in [0.2, 0.25) is 5.91 Å². The number of piperazine rings is 1. The Morgan fingerprint density at radius 2 is 2.33 bits per heavy atom. The molecule has 116 valence electrons. The number of carbonyl (C=O) groups excluding carboxylic acids is 1. The van der Waals surface area contributed by atoms with E-state index in [4.69, 9.17) is 4.74 Å². The molecule has 2 aliphatic rings. The van der Waals surface area contributed by atoms with Gasteiger partial charge < -0.3 is 14.2 Å². The Labute approximate surface area is 125 Å². The Kier molecular flexibility index (Phi) is 4.26. The first-order chi connectivity index (χ1) is 10.2. The summed E-state index contributed by atoms with van der Waals surface area (Å²) in [5, 5.41) is 0. The second-order valence-electron chi connectivity index (χ2n) is 5.89. The number of imidazole rings is 1. The normalized spacial score (nSPS) is 27.2. The van der Waals surface area contributed by atoms with E-state index < -0.39 is 0 Å². The van der Waals surface area contributed by atoms with Crippen LogP contribution in [0.1, 0.15) is 25.2 Å². The molecule has 0 aromatic carbocycles. The van der Waals surface area contributed by atoms with Crippen LogP contribution in [0.3, 0.4) is 0 Å². The largest absolute Gasteiger partial charge is 0.381 e. The highest BCUT2D eigenvalue weighted by molar-refractivity contribution is 5.79. The highest BCUT2D eigenvalue weighted by atomic mass is 16.5. The molecule has 2 fully saturated rings. The lowest BCUT2D eigenvalue weighted by Gasteiger charge is -2.41. The molecular weight excluding hydrogens is 268 g/mol. The summed E-state index contributed by atoms with van der Waals surface area (Å²) in [6, 6.07) is 0.190. The van der Waals surface area contributed by atoms with Crippen LogP contribution in [0.25, 0.3) is 0 Å². The van der Waals surface area contributed by atoms with Gasteiger partial charge in [0.1, 0.15) is 5.82 Å². The third-order valence-corrected chi connectivity index (χ3v) is 4.64. The minimum atomic E-state index is 0.0557. The van der Waals surface area contributed by atoms with Crippen LogP contribution in [0, 0.1) is 5.92 Å². The van der Waals surface area contributed by atoms with E-state index in [1.807, 2.05) is 24.3 Å². The van der Waals surface area contributed by atoms with Gasteiger partial charge in [0.05, 0.1) is 18.6 Å². The monoisotopic (exact) mass is 292 g/mol. The zero-order chi connectivity index (χ0) is 14.8. The van der Waals surface area contributed by atoms with E-state index >= 15 is 0 Å². The molecule has 1 aromatic heterocycles. The molecule has 0 radical (unpaired) electrons. The van der Waals surface area contributed by atoms with Crippen molar-refractivity contribution in [2.24, 2.45) is 13.0 Å². The molecule has 6 nitrogen and oxygen atoms in total. The Balaban J connectivity index is 1.75. The fourth-order valence-electron chi connectivity index (χ4n) is 3.33. The highest BCUT2D eigenvalue weighted by Gasteiger charge is 2.35. The zero-order valence-electron chi connectivity index (χ0n) is 12.9.